The van der Waals surface area contributed by atoms with Crippen molar-refractivity contribution in [2.75, 3.05) is 0 Å². The van der Waals surface area contributed by atoms with Crippen molar-refractivity contribution in [2.45, 2.75) is 11.5 Å². The maximum Gasteiger partial charge on any atom is 0.200 e. The van der Waals surface area contributed by atoms with Gasteiger partial charge in [-0.2, -0.15) is 0 Å². The maximum absolute atomic E-state index is 12.7. The lowest BCUT2D eigenvalue weighted by Crippen LogP contribution is -1.98. The summed E-state index contributed by atoms with van der Waals surface area (Å²) >= 11 is 10.9. The van der Waals surface area contributed by atoms with Crippen LogP contribution < -0.4 is 4.74 Å². The van der Waals surface area contributed by atoms with E-state index < -0.39 is 0 Å². The highest BCUT2D eigenvalue weighted by atomic mass is 79.9. The molecule has 0 atom stereocenters. The Morgan fingerprint density at radius 2 is 1.81 bits per heavy atom. The average Bonchev–Trinajstić information content (AvgIpc) is 2.98. The van der Waals surface area contributed by atoms with Crippen molar-refractivity contribution in [1.82, 2.24) is 0 Å². The van der Waals surface area contributed by atoms with Gasteiger partial charge in [0, 0.05) is 25.5 Å². The van der Waals surface area contributed by atoms with Crippen LogP contribution in [-0.2, 0) is 6.61 Å². The Kier molecular flexibility index (Phi) is 5.39. The molecule has 0 aromatic heterocycles. The van der Waals surface area contributed by atoms with Crippen LogP contribution in [0.5, 0.6) is 5.75 Å². The molecule has 4 rings (SSSR count). The van der Waals surface area contributed by atoms with Crippen LogP contribution in [0.15, 0.2) is 81.0 Å². The van der Waals surface area contributed by atoms with E-state index in [-0.39, 0.29) is 5.78 Å². The summed E-state index contributed by atoms with van der Waals surface area (Å²) in [5, 5.41) is 0.698. The Balaban J connectivity index is 1.60. The number of carbonyl (C=O) groups is 1. The van der Waals surface area contributed by atoms with Gasteiger partial charge in [0.25, 0.3) is 0 Å². The minimum atomic E-state index is 0.0548. The third kappa shape index (κ3) is 4.13. The van der Waals surface area contributed by atoms with E-state index in [0.717, 1.165) is 31.8 Å². The Morgan fingerprint density at radius 1 is 1.04 bits per heavy atom. The topological polar surface area (TPSA) is 26.3 Å². The van der Waals surface area contributed by atoms with E-state index in [9.17, 15) is 4.79 Å². The van der Waals surface area contributed by atoms with E-state index in [1.54, 1.807) is 0 Å². The number of rotatable bonds is 4. The van der Waals surface area contributed by atoms with E-state index in [1.165, 1.54) is 11.8 Å². The van der Waals surface area contributed by atoms with Gasteiger partial charge in [0.15, 0.2) is 0 Å². The number of allylic oxidation sites excluding steroid dienone is 1. The van der Waals surface area contributed by atoms with Crippen LogP contribution in [0.25, 0.3) is 6.08 Å². The summed E-state index contributed by atoms with van der Waals surface area (Å²) in [4.78, 5) is 14.3. The molecule has 1 aliphatic rings. The molecule has 3 aromatic rings. The Morgan fingerprint density at radius 3 is 2.59 bits per heavy atom. The maximum atomic E-state index is 12.7. The summed E-state index contributed by atoms with van der Waals surface area (Å²) < 4.78 is 6.94. The molecule has 5 heteroatoms. The quantitative estimate of drug-likeness (QED) is 0.394. The minimum Gasteiger partial charge on any atom is -0.488 e. The molecule has 0 amide bonds. The van der Waals surface area contributed by atoms with Crippen LogP contribution in [0.1, 0.15) is 21.5 Å². The molecule has 0 N–H and O–H groups in total. The fraction of sp³-hybridized carbons (Fsp3) is 0.0455. The number of Topliss-reactive ketones (excluding diaryl/α,β-unsaturated/α-hetero) is 1. The van der Waals surface area contributed by atoms with Crippen LogP contribution >= 0.6 is 39.3 Å². The van der Waals surface area contributed by atoms with Crippen LogP contribution in [0.2, 0.25) is 5.02 Å². The number of thioether (sulfide) groups is 1. The average molecular weight is 458 g/mol. The smallest absolute Gasteiger partial charge is 0.200 e. The number of hydrogen-bond acceptors (Lipinski definition) is 3. The third-order valence-corrected chi connectivity index (χ3v) is 5.99. The normalized spacial score (nSPS) is 14.4. The predicted molar refractivity (Wildman–Crippen MR) is 115 cm³/mol. The first kappa shape index (κ1) is 18.4. The second-order valence-electron chi connectivity index (χ2n) is 6.03. The van der Waals surface area contributed by atoms with Gasteiger partial charge in [-0.05, 0) is 54.1 Å². The Bertz CT molecular complexity index is 1040. The summed E-state index contributed by atoms with van der Waals surface area (Å²) in [6.07, 6.45) is 1.90. The molecular weight excluding hydrogens is 444 g/mol. The van der Waals surface area contributed by atoms with Crippen molar-refractivity contribution in [2.24, 2.45) is 0 Å². The second kappa shape index (κ2) is 7.93. The number of hydrogen-bond donors (Lipinski definition) is 0. The lowest BCUT2D eigenvalue weighted by atomic mass is 10.1. The molecule has 2 nitrogen and oxygen atoms in total. The largest absolute Gasteiger partial charge is 0.488 e. The van der Waals surface area contributed by atoms with E-state index in [4.69, 9.17) is 16.3 Å². The molecule has 0 saturated heterocycles. The Hall–Kier alpha value is -2.01. The molecule has 0 saturated carbocycles. The molecular formula is C22H14BrClO2S. The summed E-state index contributed by atoms with van der Waals surface area (Å²) in [6, 6.07) is 21.0. The molecule has 0 radical (unpaired) electrons. The van der Waals surface area contributed by atoms with Gasteiger partial charge in [-0.1, -0.05) is 63.6 Å². The molecule has 0 spiro atoms. The summed E-state index contributed by atoms with van der Waals surface area (Å²) in [5.41, 5.74) is 2.65. The van der Waals surface area contributed by atoms with Gasteiger partial charge in [0.1, 0.15) is 12.4 Å². The highest BCUT2D eigenvalue weighted by Crippen LogP contribution is 2.41. The molecule has 1 heterocycles. The van der Waals surface area contributed by atoms with Crippen molar-refractivity contribution in [1.29, 1.82) is 0 Å². The standard InChI is InChI=1S/C22H14BrClO2S/c23-16-7-10-19(26-13-14-5-8-17(24)9-6-14)15(11-16)12-21-22(25)18-3-1-2-4-20(18)27-21/h1-12H,13H2/b21-12-. The van der Waals surface area contributed by atoms with Gasteiger partial charge in [-0.3, -0.25) is 4.79 Å². The number of fused-ring (bicyclic) bond motifs is 1. The van der Waals surface area contributed by atoms with Crippen molar-refractivity contribution >= 4 is 51.2 Å². The van der Waals surface area contributed by atoms with Gasteiger partial charge in [0.2, 0.25) is 5.78 Å². The summed E-state index contributed by atoms with van der Waals surface area (Å²) in [7, 11) is 0. The molecule has 0 fully saturated rings. The van der Waals surface area contributed by atoms with E-state index >= 15 is 0 Å². The minimum absolute atomic E-state index is 0.0548. The van der Waals surface area contributed by atoms with Gasteiger partial charge in [0.05, 0.1) is 4.91 Å². The number of ether oxygens (including phenoxy) is 1. The summed E-state index contributed by atoms with van der Waals surface area (Å²) in [6.45, 7) is 0.427. The first-order chi connectivity index (χ1) is 13.1. The predicted octanol–water partition coefficient (Wildman–Crippen LogP) is 7.01. The molecule has 1 aliphatic heterocycles. The molecule has 27 heavy (non-hydrogen) atoms. The van der Waals surface area contributed by atoms with Crippen LogP contribution in [-0.4, -0.2) is 5.78 Å². The lowest BCUT2D eigenvalue weighted by Gasteiger charge is -2.10. The van der Waals surface area contributed by atoms with Crippen LogP contribution in [0.3, 0.4) is 0 Å². The van der Waals surface area contributed by atoms with Crippen LogP contribution in [0, 0.1) is 0 Å². The number of benzene rings is 3. The van der Waals surface area contributed by atoms with Gasteiger partial charge in [-0.15, -0.1) is 0 Å². The van der Waals surface area contributed by atoms with Crippen molar-refractivity contribution in [3.05, 3.63) is 97.8 Å². The van der Waals surface area contributed by atoms with Crippen molar-refractivity contribution < 1.29 is 9.53 Å². The fourth-order valence-corrected chi connectivity index (χ4v) is 4.33. The highest BCUT2D eigenvalue weighted by Gasteiger charge is 2.25. The Labute approximate surface area is 175 Å². The summed E-state index contributed by atoms with van der Waals surface area (Å²) in [5.74, 6) is 0.782. The zero-order chi connectivity index (χ0) is 18.8. The second-order valence-corrected chi connectivity index (χ2v) is 8.47. The van der Waals surface area contributed by atoms with E-state index in [1.807, 2.05) is 72.8 Å². The lowest BCUT2D eigenvalue weighted by molar-refractivity contribution is 0.104. The molecule has 3 aromatic carbocycles. The van der Waals surface area contributed by atoms with E-state index in [2.05, 4.69) is 15.9 Å². The van der Waals surface area contributed by atoms with Gasteiger partial charge < -0.3 is 4.74 Å². The van der Waals surface area contributed by atoms with Crippen molar-refractivity contribution in [3.8, 4) is 5.75 Å². The molecule has 0 aliphatic carbocycles. The number of carbonyl (C=O) groups excluding carboxylic acids is 1. The third-order valence-electron chi connectivity index (χ3n) is 4.14. The number of ketones is 1. The number of halogens is 2. The molecule has 0 bridgehead atoms. The molecule has 0 unspecified atom stereocenters. The van der Waals surface area contributed by atoms with Gasteiger partial charge in [-0.25, -0.2) is 0 Å². The van der Waals surface area contributed by atoms with Crippen molar-refractivity contribution in [3.63, 3.8) is 0 Å². The van der Waals surface area contributed by atoms with Gasteiger partial charge >= 0.3 is 0 Å². The van der Waals surface area contributed by atoms with E-state index in [0.29, 0.717) is 16.5 Å². The first-order valence-electron chi connectivity index (χ1n) is 8.30. The SMILES string of the molecule is O=C1/C(=C/c2cc(Br)ccc2OCc2ccc(Cl)cc2)Sc2ccccc21. The fourth-order valence-electron chi connectivity index (χ4n) is 2.78. The zero-order valence-corrected chi connectivity index (χ0v) is 17.3. The molecule has 134 valence electrons. The zero-order valence-electron chi connectivity index (χ0n) is 14.1. The van der Waals surface area contributed by atoms with Crippen LogP contribution in [0.4, 0.5) is 0 Å². The highest BCUT2D eigenvalue weighted by molar-refractivity contribution is 9.10. The monoisotopic (exact) mass is 456 g/mol. The first-order valence-corrected chi connectivity index (χ1v) is 10.3.